The van der Waals surface area contributed by atoms with Gasteiger partial charge in [-0.25, -0.2) is 0 Å². The van der Waals surface area contributed by atoms with Gasteiger partial charge >= 0.3 is 0 Å². The third-order valence-corrected chi connectivity index (χ3v) is 4.39. The van der Waals surface area contributed by atoms with Crippen LogP contribution >= 0.6 is 0 Å². The maximum absolute atomic E-state index is 12.6. The van der Waals surface area contributed by atoms with Crippen molar-refractivity contribution in [1.82, 2.24) is 10.2 Å². The predicted octanol–water partition coefficient (Wildman–Crippen LogP) is 2.74. The smallest absolute Gasteiger partial charge is 0.287 e. The van der Waals surface area contributed by atoms with Crippen molar-refractivity contribution in [2.45, 2.75) is 38.8 Å². The molecule has 0 aliphatic rings. The molecule has 2 aromatic rings. The normalized spacial score (nSPS) is 12.1. The molecule has 3 N–H and O–H groups in total. The van der Waals surface area contributed by atoms with Gasteiger partial charge in [0.15, 0.2) is 5.76 Å². The van der Waals surface area contributed by atoms with Gasteiger partial charge in [-0.3, -0.25) is 4.79 Å². The summed E-state index contributed by atoms with van der Waals surface area (Å²) in [7, 11) is 3.95. The summed E-state index contributed by atoms with van der Waals surface area (Å²) >= 11 is 0. The fourth-order valence-electron chi connectivity index (χ4n) is 2.59. The largest absolute Gasteiger partial charge is 0.451 e. The van der Waals surface area contributed by atoms with Crippen LogP contribution in [0.1, 0.15) is 42.8 Å². The van der Waals surface area contributed by atoms with Gasteiger partial charge in [0.05, 0.1) is 0 Å². The third-order valence-electron chi connectivity index (χ3n) is 4.39. The van der Waals surface area contributed by atoms with E-state index in [1.54, 1.807) is 0 Å². The van der Waals surface area contributed by atoms with Crippen LogP contribution < -0.4 is 11.1 Å². The van der Waals surface area contributed by atoms with Crippen molar-refractivity contribution in [1.29, 1.82) is 0 Å². The second-order valence-electron chi connectivity index (χ2n) is 6.40. The van der Waals surface area contributed by atoms with Gasteiger partial charge in [-0.2, -0.15) is 0 Å². The standard InChI is InChI=1S/C18H27N3O2/c1-5-18(19,6-2)12-20-17(22)16-14(11-21(3)4)13-9-7-8-10-15(13)23-16/h7-10H,5-6,11-12,19H2,1-4H3,(H,20,22). The molecule has 5 heteroatoms. The molecule has 23 heavy (non-hydrogen) atoms. The zero-order chi connectivity index (χ0) is 17.0. The average molecular weight is 317 g/mol. The van der Waals surface area contributed by atoms with Crippen LogP contribution in [-0.4, -0.2) is 37.0 Å². The first-order valence-electron chi connectivity index (χ1n) is 8.12. The SMILES string of the molecule is CCC(N)(CC)CNC(=O)c1oc2ccccc2c1CN(C)C. The molecule has 0 radical (unpaired) electrons. The van der Waals surface area contributed by atoms with E-state index in [2.05, 4.69) is 5.32 Å². The zero-order valence-corrected chi connectivity index (χ0v) is 14.5. The van der Waals surface area contributed by atoms with Gasteiger partial charge in [0.25, 0.3) is 5.91 Å². The van der Waals surface area contributed by atoms with E-state index in [1.165, 1.54) is 0 Å². The summed E-state index contributed by atoms with van der Waals surface area (Å²) in [5, 5.41) is 3.92. The second kappa shape index (κ2) is 7.15. The highest BCUT2D eigenvalue weighted by atomic mass is 16.3. The van der Waals surface area contributed by atoms with Crippen LogP contribution in [0.15, 0.2) is 28.7 Å². The van der Waals surface area contributed by atoms with E-state index in [9.17, 15) is 4.79 Å². The van der Waals surface area contributed by atoms with Crippen molar-refractivity contribution >= 4 is 16.9 Å². The summed E-state index contributed by atoms with van der Waals surface area (Å²) in [6, 6.07) is 7.74. The molecule has 126 valence electrons. The minimum atomic E-state index is -0.372. The third kappa shape index (κ3) is 3.92. The number of amides is 1. The van der Waals surface area contributed by atoms with Gasteiger partial charge in [0.1, 0.15) is 5.58 Å². The van der Waals surface area contributed by atoms with Gasteiger partial charge in [0.2, 0.25) is 0 Å². The molecule has 0 spiro atoms. The van der Waals surface area contributed by atoms with E-state index >= 15 is 0 Å². The lowest BCUT2D eigenvalue weighted by Gasteiger charge is -2.26. The first-order chi connectivity index (χ1) is 10.9. The molecule has 1 heterocycles. The number of nitrogens with two attached hydrogens (primary N) is 1. The summed E-state index contributed by atoms with van der Waals surface area (Å²) in [5.41, 5.74) is 7.54. The van der Waals surface area contributed by atoms with Crippen molar-refractivity contribution in [3.05, 3.63) is 35.6 Å². The Morgan fingerprint density at radius 1 is 1.26 bits per heavy atom. The molecule has 0 atom stereocenters. The molecule has 1 amide bonds. The monoisotopic (exact) mass is 317 g/mol. The fraction of sp³-hybridized carbons (Fsp3) is 0.500. The van der Waals surface area contributed by atoms with Crippen LogP contribution in [-0.2, 0) is 6.54 Å². The molecule has 0 bridgehead atoms. The van der Waals surface area contributed by atoms with E-state index in [-0.39, 0.29) is 11.4 Å². The number of nitrogens with one attached hydrogen (secondary N) is 1. The summed E-state index contributed by atoms with van der Waals surface area (Å²) in [4.78, 5) is 14.6. The molecular formula is C18H27N3O2. The van der Waals surface area contributed by atoms with E-state index < -0.39 is 0 Å². The van der Waals surface area contributed by atoms with Crippen molar-refractivity contribution in [2.24, 2.45) is 5.73 Å². The molecule has 0 unspecified atom stereocenters. The first-order valence-corrected chi connectivity index (χ1v) is 8.12. The van der Waals surface area contributed by atoms with Crippen LogP contribution in [0, 0.1) is 0 Å². The van der Waals surface area contributed by atoms with E-state index in [4.69, 9.17) is 10.2 Å². The Morgan fingerprint density at radius 3 is 2.52 bits per heavy atom. The van der Waals surface area contributed by atoms with Gasteiger partial charge in [0, 0.05) is 29.6 Å². The molecular weight excluding hydrogens is 290 g/mol. The lowest BCUT2D eigenvalue weighted by atomic mass is 9.94. The van der Waals surface area contributed by atoms with Gasteiger partial charge in [-0.15, -0.1) is 0 Å². The van der Waals surface area contributed by atoms with Crippen molar-refractivity contribution in [3.8, 4) is 0 Å². The number of para-hydroxylation sites is 1. The first kappa shape index (κ1) is 17.5. The minimum Gasteiger partial charge on any atom is -0.451 e. The molecule has 0 aliphatic heterocycles. The van der Waals surface area contributed by atoms with E-state index in [0.717, 1.165) is 29.4 Å². The van der Waals surface area contributed by atoms with Crippen LogP contribution in [0.3, 0.4) is 0 Å². The number of furan rings is 1. The topological polar surface area (TPSA) is 71.5 Å². The number of fused-ring (bicyclic) bond motifs is 1. The fourth-order valence-corrected chi connectivity index (χ4v) is 2.59. The highest BCUT2D eigenvalue weighted by Crippen LogP contribution is 2.27. The lowest BCUT2D eigenvalue weighted by Crippen LogP contribution is -2.49. The predicted molar refractivity (Wildman–Crippen MR) is 93.4 cm³/mol. The quantitative estimate of drug-likeness (QED) is 0.823. The van der Waals surface area contributed by atoms with Crippen molar-refractivity contribution in [2.75, 3.05) is 20.6 Å². The van der Waals surface area contributed by atoms with Gasteiger partial charge in [-0.1, -0.05) is 32.0 Å². The van der Waals surface area contributed by atoms with E-state index in [0.29, 0.717) is 18.8 Å². The van der Waals surface area contributed by atoms with Crippen LogP contribution in [0.25, 0.3) is 11.0 Å². The zero-order valence-electron chi connectivity index (χ0n) is 14.5. The number of nitrogens with zero attached hydrogens (tertiary/aromatic N) is 1. The molecule has 5 nitrogen and oxygen atoms in total. The van der Waals surface area contributed by atoms with E-state index in [1.807, 2.05) is 57.1 Å². The summed E-state index contributed by atoms with van der Waals surface area (Å²) in [6.45, 7) is 5.16. The number of carbonyl (C=O) groups excluding carboxylic acids is 1. The number of hydrogen-bond acceptors (Lipinski definition) is 4. The Labute approximate surface area is 137 Å². The summed E-state index contributed by atoms with van der Waals surface area (Å²) < 4.78 is 5.81. The summed E-state index contributed by atoms with van der Waals surface area (Å²) in [6.07, 6.45) is 1.63. The Morgan fingerprint density at radius 2 is 1.91 bits per heavy atom. The number of carbonyl (C=O) groups is 1. The van der Waals surface area contributed by atoms with Crippen molar-refractivity contribution < 1.29 is 9.21 Å². The van der Waals surface area contributed by atoms with Gasteiger partial charge in [-0.05, 0) is 33.0 Å². The highest BCUT2D eigenvalue weighted by Gasteiger charge is 2.25. The minimum absolute atomic E-state index is 0.199. The molecule has 1 aromatic heterocycles. The Balaban J connectivity index is 2.29. The van der Waals surface area contributed by atoms with Crippen LogP contribution in [0.4, 0.5) is 0 Å². The highest BCUT2D eigenvalue weighted by molar-refractivity contribution is 5.99. The second-order valence-corrected chi connectivity index (χ2v) is 6.40. The molecule has 0 saturated heterocycles. The Hall–Kier alpha value is -1.85. The lowest BCUT2D eigenvalue weighted by molar-refractivity contribution is 0.0914. The molecule has 0 fully saturated rings. The maximum Gasteiger partial charge on any atom is 0.287 e. The summed E-state index contributed by atoms with van der Waals surface area (Å²) in [5.74, 6) is 0.184. The van der Waals surface area contributed by atoms with Crippen LogP contribution in [0.5, 0.6) is 0 Å². The maximum atomic E-state index is 12.6. The molecule has 2 rings (SSSR count). The average Bonchev–Trinajstić information content (AvgIpc) is 2.90. The Kier molecular flexibility index (Phi) is 5.44. The number of hydrogen-bond donors (Lipinski definition) is 2. The van der Waals surface area contributed by atoms with Gasteiger partial charge < -0.3 is 20.4 Å². The Bertz CT molecular complexity index is 672. The number of rotatable bonds is 7. The molecule has 0 saturated carbocycles. The van der Waals surface area contributed by atoms with Crippen molar-refractivity contribution in [3.63, 3.8) is 0 Å². The number of benzene rings is 1. The molecule has 0 aliphatic carbocycles. The van der Waals surface area contributed by atoms with Crippen LogP contribution in [0.2, 0.25) is 0 Å². The molecule has 1 aromatic carbocycles.